The Morgan fingerprint density at radius 2 is 1.50 bits per heavy atom. The maximum absolute atomic E-state index is 4.62. The minimum atomic E-state index is 0.574. The number of imidazole rings is 1. The topological polar surface area (TPSA) is 79.7 Å². The normalized spacial score (nSPS) is 10.7. The Balaban J connectivity index is 1.37. The van der Waals surface area contributed by atoms with Crippen LogP contribution in [-0.2, 0) is 13.1 Å². The molecule has 0 aliphatic rings. The van der Waals surface area contributed by atoms with Gasteiger partial charge in [-0.1, -0.05) is 60.7 Å². The van der Waals surface area contributed by atoms with Crippen LogP contribution in [0.25, 0.3) is 5.82 Å². The van der Waals surface area contributed by atoms with Crippen molar-refractivity contribution < 1.29 is 0 Å². The molecule has 7 nitrogen and oxygen atoms in total. The van der Waals surface area contributed by atoms with Gasteiger partial charge in [0.15, 0.2) is 0 Å². The number of hydrogen-bond donors (Lipinski definition) is 3. The van der Waals surface area contributed by atoms with E-state index in [0.29, 0.717) is 12.5 Å². The monoisotopic (exact) mass is 399 g/mol. The lowest BCUT2D eigenvalue weighted by atomic mass is 10.2. The van der Waals surface area contributed by atoms with Crippen molar-refractivity contribution in [1.82, 2.24) is 24.8 Å². The van der Waals surface area contributed by atoms with Crippen LogP contribution < -0.4 is 16.0 Å². The van der Waals surface area contributed by atoms with Gasteiger partial charge in [0.25, 0.3) is 0 Å². The molecular formula is C23H25N7. The number of anilines is 2. The zero-order chi connectivity index (χ0) is 20.4. The van der Waals surface area contributed by atoms with Crippen molar-refractivity contribution in [3.63, 3.8) is 0 Å². The molecule has 0 saturated carbocycles. The maximum atomic E-state index is 4.62. The van der Waals surface area contributed by atoms with Crippen molar-refractivity contribution in [1.29, 1.82) is 0 Å². The summed E-state index contributed by atoms with van der Waals surface area (Å²) in [6, 6.07) is 22.5. The Morgan fingerprint density at radius 1 is 0.767 bits per heavy atom. The largest absolute Gasteiger partial charge is 0.369 e. The molecule has 0 bridgehead atoms. The van der Waals surface area contributed by atoms with Gasteiger partial charge in [0, 0.05) is 44.6 Å². The molecule has 7 heteroatoms. The van der Waals surface area contributed by atoms with Crippen molar-refractivity contribution in [3.8, 4) is 5.82 Å². The molecule has 2 heterocycles. The highest BCUT2D eigenvalue weighted by atomic mass is 15.2. The average molecular weight is 400 g/mol. The van der Waals surface area contributed by atoms with E-state index in [-0.39, 0.29) is 0 Å². The zero-order valence-corrected chi connectivity index (χ0v) is 16.7. The molecule has 0 amide bonds. The first kappa shape index (κ1) is 19.6. The molecule has 4 aromatic rings. The first-order valence-electron chi connectivity index (χ1n) is 10.0. The second-order valence-electron chi connectivity index (χ2n) is 6.83. The third-order valence-electron chi connectivity index (χ3n) is 4.55. The van der Waals surface area contributed by atoms with Crippen LogP contribution in [0, 0.1) is 0 Å². The van der Waals surface area contributed by atoms with Crippen LogP contribution in [0.3, 0.4) is 0 Å². The van der Waals surface area contributed by atoms with Crippen LogP contribution in [0.1, 0.15) is 11.1 Å². The molecule has 0 unspecified atom stereocenters. The second kappa shape index (κ2) is 10.2. The standard InChI is InChI=1S/C23H25N7/c1-3-7-19(8-4-1)16-24-11-12-26-21-15-22(30-14-13-25-18-30)29-23(28-21)27-17-20-9-5-2-6-10-20/h1-10,13-15,18,24H,11-12,16-17H2,(H2,26,27,28,29). The van der Waals surface area contributed by atoms with Crippen molar-refractivity contribution in [3.05, 3.63) is 96.6 Å². The van der Waals surface area contributed by atoms with Crippen molar-refractivity contribution in [2.45, 2.75) is 13.1 Å². The molecule has 2 aromatic heterocycles. The first-order chi connectivity index (χ1) is 14.9. The minimum Gasteiger partial charge on any atom is -0.369 e. The quantitative estimate of drug-likeness (QED) is 0.354. The van der Waals surface area contributed by atoms with Gasteiger partial charge in [0.2, 0.25) is 5.95 Å². The lowest BCUT2D eigenvalue weighted by molar-refractivity contribution is 0.706. The van der Waals surface area contributed by atoms with Crippen molar-refractivity contribution in [2.24, 2.45) is 0 Å². The predicted octanol–water partition coefficient (Wildman–Crippen LogP) is 3.48. The smallest absolute Gasteiger partial charge is 0.226 e. The van der Waals surface area contributed by atoms with Gasteiger partial charge in [0.05, 0.1) is 0 Å². The van der Waals surface area contributed by atoms with Crippen LogP contribution in [-0.4, -0.2) is 32.6 Å². The summed E-state index contributed by atoms with van der Waals surface area (Å²) >= 11 is 0. The third kappa shape index (κ3) is 5.65. The predicted molar refractivity (Wildman–Crippen MR) is 120 cm³/mol. The van der Waals surface area contributed by atoms with Crippen LogP contribution in [0.2, 0.25) is 0 Å². The van der Waals surface area contributed by atoms with Gasteiger partial charge in [-0.2, -0.15) is 9.97 Å². The highest BCUT2D eigenvalue weighted by Crippen LogP contribution is 2.14. The number of nitrogens with zero attached hydrogens (tertiary/aromatic N) is 4. The molecule has 0 atom stereocenters. The summed E-state index contributed by atoms with van der Waals surface area (Å²) in [7, 11) is 0. The number of aromatic nitrogens is 4. The van der Waals surface area contributed by atoms with Crippen LogP contribution in [0.5, 0.6) is 0 Å². The van der Waals surface area contributed by atoms with Gasteiger partial charge in [-0.05, 0) is 11.1 Å². The number of hydrogen-bond acceptors (Lipinski definition) is 6. The maximum Gasteiger partial charge on any atom is 0.226 e. The van der Waals surface area contributed by atoms with E-state index in [9.17, 15) is 0 Å². The van der Waals surface area contributed by atoms with Crippen LogP contribution in [0.15, 0.2) is 85.5 Å². The van der Waals surface area contributed by atoms with Crippen molar-refractivity contribution in [2.75, 3.05) is 23.7 Å². The molecule has 2 aromatic carbocycles. The average Bonchev–Trinajstić information content (AvgIpc) is 3.34. The SMILES string of the molecule is c1ccc(CNCCNc2cc(-n3ccnc3)nc(NCc3ccccc3)n2)cc1. The van der Waals surface area contributed by atoms with Crippen LogP contribution in [0.4, 0.5) is 11.8 Å². The molecule has 0 aliphatic heterocycles. The molecule has 0 spiro atoms. The molecule has 30 heavy (non-hydrogen) atoms. The van der Waals surface area contributed by atoms with E-state index in [1.54, 1.807) is 12.5 Å². The summed E-state index contributed by atoms with van der Waals surface area (Å²) in [6.45, 7) is 3.08. The van der Waals surface area contributed by atoms with Gasteiger partial charge in [0.1, 0.15) is 18.0 Å². The molecule has 152 valence electrons. The highest BCUT2D eigenvalue weighted by Gasteiger charge is 2.06. The number of benzene rings is 2. The molecule has 3 N–H and O–H groups in total. The van der Waals surface area contributed by atoms with E-state index in [4.69, 9.17) is 0 Å². The number of nitrogens with one attached hydrogen (secondary N) is 3. The molecule has 0 radical (unpaired) electrons. The van der Waals surface area contributed by atoms with E-state index in [1.807, 2.05) is 41.1 Å². The first-order valence-corrected chi connectivity index (χ1v) is 10.0. The van der Waals surface area contributed by atoms with Gasteiger partial charge in [-0.25, -0.2) is 4.98 Å². The van der Waals surface area contributed by atoms with Crippen molar-refractivity contribution >= 4 is 11.8 Å². The van der Waals surface area contributed by atoms with Gasteiger partial charge >= 0.3 is 0 Å². The Bertz CT molecular complexity index is 1020. The molecule has 0 fully saturated rings. The summed E-state index contributed by atoms with van der Waals surface area (Å²) in [6.07, 6.45) is 5.34. The fourth-order valence-corrected chi connectivity index (χ4v) is 3.02. The summed E-state index contributed by atoms with van der Waals surface area (Å²) < 4.78 is 1.87. The van der Waals surface area contributed by atoms with Gasteiger partial charge in [-0.15, -0.1) is 0 Å². The summed E-state index contributed by atoms with van der Waals surface area (Å²) in [5.74, 6) is 2.10. The van der Waals surface area contributed by atoms with Gasteiger partial charge in [-0.3, -0.25) is 4.57 Å². The Hall–Kier alpha value is -3.71. The summed E-state index contributed by atoms with van der Waals surface area (Å²) in [5, 5.41) is 10.1. The van der Waals surface area contributed by atoms with Gasteiger partial charge < -0.3 is 16.0 Å². The molecular weight excluding hydrogens is 374 g/mol. The highest BCUT2D eigenvalue weighted by molar-refractivity contribution is 5.47. The van der Waals surface area contributed by atoms with E-state index >= 15 is 0 Å². The number of rotatable bonds is 10. The van der Waals surface area contributed by atoms with Crippen LogP contribution >= 0.6 is 0 Å². The van der Waals surface area contributed by atoms with E-state index < -0.39 is 0 Å². The lowest BCUT2D eigenvalue weighted by Gasteiger charge is -2.12. The van der Waals surface area contributed by atoms with E-state index in [2.05, 4.69) is 67.3 Å². The lowest BCUT2D eigenvalue weighted by Crippen LogP contribution is -2.22. The molecule has 4 rings (SSSR count). The summed E-state index contributed by atoms with van der Waals surface area (Å²) in [5.41, 5.74) is 2.45. The van der Waals surface area contributed by atoms with E-state index in [1.165, 1.54) is 11.1 Å². The fraction of sp³-hybridized carbons (Fsp3) is 0.174. The second-order valence-corrected chi connectivity index (χ2v) is 6.83. The van der Waals surface area contributed by atoms with E-state index in [0.717, 1.165) is 31.3 Å². The summed E-state index contributed by atoms with van der Waals surface area (Å²) in [4.78, 5) is 13.4. The Kier molecular flexibility index (Phi) is 6.65. The molecule has 0 saturated heterocycles. The minimum absolute atomic E-state index is 0.574. The Labute approximate surface area is 176 Å². The third-order valence-corrected chi connectivity index (χ3v) is 4.55. The Morgan fingerprint density at radius 3 is 2.20 bits per heavy atom. The fourth-order valence-electron chi connectivity index (χ4n) is 3.02. The zero-order valence-electron chi connectivity index (χ0n) is 16.7. The molecule has 0 aliphatic carbocycles.